The Kier molecular flexibility index (Phi) is 3.37. The maximum Gasteiger partial charge on any atom is 0.0421 e. The molecule has 1 aromatic rings. The van der Waals surface area contributed by atoms with E-state index in [1.54, 1.807) is 0 Å². The molecule has 1 aromatic carbocycles. The summed E-state index contributed by atoms with van der Waals surface area (Å²) in [6.45, 7) is 5.73. The second-order valence-corrected chi connectivity index (χ2v) is 4.61. The molecule has 2 nitrogen and oxygen atoms in total. The SMILES string of the molecule is CCC(CC)N1CCCc2c(N)cccc21. The number of hydrogen-bond acceptors (Lipinski definition) is 2. The number of hydrogen-bond donors (Lipinski definition) is 1. The molecule has 2 N–H and O–H groups in total. The Labute approximate surface area is 98.4 Å². The first-order chi connectivity index (χ1) is 7.77. The fourth-order valence-corrected chi connectivity index (χ4v) is 2.79. The lowest BCUT2D eigenvalue weighted by molar-refractivity contribution is 0.533. The summed E-state index contributed by atoms with van der Waals surface area (Å²) in [7, 11) is 0. The molecule has 0 aliphatic carbocycles. The number of nitrogens with two attached hydrogens (primary N) is 1. The molecule has 0 atom stereocenters. The first-order valence-corrected chi connectivity index (χ1v) is 6.41. The lowest BCUT2D eigenvalue weighted by Gasteiger charge is -2.37. The third kappa shape index (κ3) is 1.89. The van der Waals surface area contributed by atoms with Crippen LogP contribution in [0.2, 0.25) is 0 Å². The lowest BCUT2D eigenvalue weighted by Crippen LogP contribution is -2.38. The Bertz CT molecular complexity index is 356. The summed E-state index contributed by atoms with van der Waals surface area (Å²) < 4.78 is 0. The van der Waals surface area contributed by atoms with Crippen LogP contribution in [-0.2, 0) is 6.42 Å². The zero-order valence-corrected chi connectivity index (χ0v) is 10.4. The molecule has 0 saturated heterocycles. The van der Waals surface area contributed by atoms with Gasteiger partial charge in [-0.25, -0.2) is 0 Å². The Balaban J connectivity index is 2.36. The minimum Gasteiger partial charge on any atom is -0.398 e. The average Bonchev–Trinajstić information content (AvgIpc) is 2.32. The van der Waals surface area contributed by atoms with Crippen molar-refractivity contribution in [1.82, 2.24) is 0 Å². The van der Waals surface area contributed by atoms with Crippen molar-refractivity contribution in [2.45, 2.75) is 45.6 Å². The molecule has 0 unspecified atom stereocenters. The zero-order valence-electron chi connectivity index (χ0n) is 10.4. The van der Waals surface area contributed by atoms with Gasteiger partial charge < -0.3 is 10.6 Å². The van der Waals surface area contributed by atoms with Gasteiger partial charge in [-0.05, 0) is 43.4 Å². The minimum absolute atomic E-state index is 0.667. The van der Waals surface area contributed by atoms with Gasteiger partial charge in [0, 0.05) is 24.0 Å². The van der Waals surface area contributed by atoms with Crippen molar-refractivity contribution in [2.75, 3.05) is 17.2 Å². The number of rotatable bonds is 3. The van der Waals surface area contributed by atoms with Crippen LogP contribution in [0.5, 0.6) is 0 Å². The summed E-state index contributed by atoms with van der Waals surface area (Å²) in [4.78, 5) is 2.55. The second kappa shape index (κ2) is 4.77. The average molecular weight is 218 g/mol. The van der Waals surface area contributed by atoms with Crippen LogP contribution in [0, 0.1) is 0 Å². The minimum atomic E-state index is 0.667. The standard InChI is InChI=1S/C14H22N2/c1-3-11(4-2)16-10-6-7-12-13(15)8-5-9-14(12)16/h5,8-9,11H,3-4,6-7,10,15H2,1-2H3. The van der Waals surface area contributed by atoms with Crippen LogP contribution in [0.25, 0.3) is 0 Å². The molecule has 0 bridgehead atoms. The van der Waals surface area contributed by atoms with E-state index < -0.39 is 0 Å². The van der Waals surface area contributed by atoms with Gasteiger partial charge in [0.25, 0.3) is 0 Å². The van der Waals surface area contributed by atoms with Crippen LogP contribution in [0.1, 0.15) is 38.7 Å². The molecule has 0 fully saturated rings. The van der Waals surface area contributed by atoms with Gasteiger partial charge in [-0.2, -0.15) is 0 Å². The second-order valence-electron chi connectivity index (χ2n) is 4.61. The van der Waals surface area contributed by atoms with Gasteiger partial charge in [0.2, 0.25) is 0 Å². The highest BCUT2D eigenvalue weighted by atomic mass is 15.2. The van der Waals surface area contributed by atoms with E-state index in [0.717, 1.165) is 12.1 Å². The van der Waals surface area contributed by atoms with Crippen molar-refractivity contribution in [3.63, 3.8) is 0 Å². The molecule has 0 amide bonds. The number of benzene rings is 1. The van der Waals surface area contributed by atoms with Gasteiger partial charge in [0.1, 0.15) is 0 Å². The number of anilines is 2. The molecule has 0 saturated carbocycles. The Morgan fingerprint density at radius 3 is 2.75 bits per heavy atom. The van der Waals surface area contributed by atoms with Crippen molar-refractivity contribution in [2.24, 2.45) is 0 Å². The summed E-state index contributed by atoms with van der Waals surface area (Å²) >= 11 is 0. The summed E-state index contributed by atoms with van der Waals surface area (Å²) in [6, 6.07) is 6.99. The van der Waals surface area contributed by atoms with Gasteiger partial charge >= 0.3 is 0 Å². The molecule has 88 valence electrons. The van der Waals surface area contributed by atoms with E-state index in [1.165, 1.54) is 37.1 Å². The maximum absolute atomic E-state index is 6.06. The molecule has 2 heteroatoms. The molecule has 16 heavy (non-hydrogen) atoms. The Morgan fingerprint density at radius 1 is 1.31 bits per heavy atom. The highest BCUT2D eigenvalue weighted by Crippen LogP contribution is 2.33. The topological polar surface area (TPSA) is 29.3 Å². The third-order valence-electron chi connectivity index (χ3n) is 3.71. The van der Waals surface area contributed by atoms with E-state index in [-0.39, 0.29) is 0 Å². The van der Waals surface area contributed by atoms with E-state index in [0.29, 0.717) is 6.04 Å². The Hall–Kier alpha value is -1.18. The smallest absolute Gasteiger partial charge is 0.0421 e. The summed E-state index contributed by atoms with van der Waals surface area (Å²) in [5.74, 6) is 0. The van der Waals surface area contributed by atoms with E-state index in [1.807, 2.05) is 6.07 Å². The first kappa shape index (κ1) is 11.3. The van der Waals surface area contributed by atoms with Crippen LogP contribution in [0.3, 0.4) is 0 Å². The molecule has 0 spiro atoms. The monoisotopic (exact) mass is 218 g/mol. The zero-order chi connectivity index (χ0) is 11.5. The molecule has 1 aliphatic heterocycles. The van der Waals surface area contributed by atoms with Gasteiger partial charge in [0.05, 0.1) is 0 Å². The number of nitrogens with zero attached hydrogens (tertiary/aromatic N) is 1. The fourth-order valence-electron chi connectivity index (χ4n) is 2.79. The molecule has 0 radical (unpaired) electrons. The van der Waals surface area contributed by atoms with Crippen LogP contribution in [0.4, 0.5) is 11.4 Å². The molecule has 1 heterocycles. The fraction of sp³-hybridized carbons (Fsp3) is 0.571. The largest absolute Gasteiger partial charge is 0.398 e. The van der Waals surface area contributed by atoms with Gasteiger partial charge in [-0.1, -0.05) is 19.9 Å². The van der Waals surface area contributed by atoms with Crippen molar-refractivity contribution in [3.05, 3.63) is 23.8 Å². The van der Waals surface area contributed by atoms with Crippen molar-refractivity contribution in [3.8, 4) is 0 Å². The normalized spacial score (nSPS) is 15.3. The molecule has 0 aromatic heterocycles. The predicted octanol–water partition coefficient (Wildman–Crippen LogP) is 3.21. The lowest BCUT2D eigenvalue weighted by atomic mass is 9.97. The van der Waals surface area contributed by atoms with Gasteiger partial charge in [-0.15, -0.1) is 0 Å². The summed E-state index contributed by atoms with van der Waals surface area (Å²) in [5, 5.41) is 0. The summed E-state index contributed by atoms with van der Waals surface area (Å²) in [6.07, 6.45) is 4.80. The summed E-state index contributed by atoms with van der Waals surface area (Å²) in [5.41, 5.74) is 9.76. The molecular weight excluding hydrogens is 196 g/mol. The van der Waals surface area contributed by atoms with E-state index >= 15 is 0 Å². The molecular formula is C14H22N2. The number of nitrogen functional groups attached to an aromatic ring is 1. The third-order valence-corrected chi connectivity index (χ3v) is 3.71. The number of fused-ring (bicyclic) bond motifs is 1. The van der Waals surface area contributed by atoms with Crippen LogP contribution in [0.15, 0.2) is 18.2 Å². The molecule has 1 aliphatic rings. The van der Waals surface area contributed by atoms with Crippen LogP contribution < -0.4 is 10.6 Å². The van der Waals surface area contributed by atoms with Crippen molar-refractivity contribution >= 4 is 11.4 Å². The first-order valence-electron chi connectivity index (χ1n) is 6.41. The quantitative estimate of drug-likeness (QED) is 0.789. The maximum atomic E-state index is 6.06. The highest BCUT2D eigenvalue weighted by Gasteiger charge is 2.22. The Morgan fingerprint density at radius 2 is 2.06 bits per heavy atom. The van der Waals surface area contributed by atoms with Gasteiger partial charge in [0.15, 0.2) is 0 Å². The van der Waals surface area contributed by atoms with E-state index in [9.17, 15) is 0 Å². The van der Waals surface area contributed by atoms with E-state index in [4.69, 9.17) is 5.73 Å². The highest BCUT2D eigenvalue weighted by molar-refractivity contribution is 5.66. The van der Waals surface area contributed by atoms with Crippen LogP contribution >= 0.6 is 0 Å². The van der Waals surface area contributed by atoms with Crippen molar-refractivity contribution < 1.29 is 0 Å². The van der Waals surface area contributed by atoms with Gasteiger partial charge in [-0.3, -0.25) is 0 Å². The predicted molar refractivity (Wildman–Crippen MR) is 70.9 cm³/mol. The van der Waals surface area contributed by atoms with E-state index in [2.05, 4.69) is 30.9 Å². The molecule has 2 rings (SSSR count). The van der Waals surface area contributed by atoms with Crippen molar-refractivity contribution in [1.29, 1.82) is 0 Å². The van der Waals surface area contributed by atoms with Crippen LogP contribution in [-0.4, -0.2) is 12.6 Å².